The molecule has 3 rings (SSSR count). The molecule has 0 unspecified atom stereocenters. The highest BCUT2D eigenvalue weighted by molar-refractivity contribution is 7.22. The van der Waals surface area contributed by atoms with Gasteiger partial charge in [0.2, 0.25) is 0 Å². The van der Waals surface area contributed by atoms with Crippen LogP contribution < -0.4 is 10.6 Å². The summed E-state index contributed by atoms with van der Waals surface area (Å²) in [7, 11) is 0. The van der Waals surface area contributed by atoms with Crippen LogP contribution in [0, 0.1) is 6.92 Å². The van der Waals surface area contributed by atoms with Gasteiger partial charge in [-0.15, -0.1) is 0 Å². The molecule has 0 aliphatic rings. The number of fused-ring (bicyclic) bond motifs is 1. The molecule has 4 nitrogen and oxygen atoms in total. The number of anilines is 2. The number of carbonyl (C=O) groups excluding carboxylic acids is 1. The smallest absolute Gasteiger partial charge is 0.308 e. The largest absolute Gasteiger partial charge is 0.325 e. The molecule has 2 amide bonds. The van der Waals surface area contributed by atoms with Crippen LogP contribution in [0.2, 0.25) is 0 Å². The number of nitrogens with zero attached hydrogens (tertiary/aromatic N) is 1. The van der Waals surface area contributed by atoms with Gasteiger partial charge in [-0.1, -0.05) is 48.1 Å². The highest BCUT2D eigenvalue weighted by Crippen LogP contribution is 2.28. The van der Waals surface area contributed by atoms with Crippen LogP contribution in [0.1, 0.15) is 18.1 Å². The minimum atomic E-state index is -0.277. The van der Waals surface area contributed by atoms with E-state index in [1.54, 1.807) is 0 Å². The number of hydrogen-bond donors (Lipinski definition) is 2. The fourth-order valence-corrected chi connectivity index (χ4v) is 3.15. The quantitative estimate of drug-likeness (QED) is 0.729. The number of hydrogen-bond acceptors (Lipinski definition) is 3. The van der Waals surface area contributed by atoms with Crippen LogP contribution in [0.4, 0.5) is 15.6 Å². The maximum Gasteiger partial charge on any atom is 0.325 e. The molecule has 22 heavy (non-hydrogen) atoms. The predicted octanol–water partition coefficient (Wildman–Crippen LogP) is 4.81. The zero-order valence-corrected chi connectivity index (χ0v) is 13.3. The summed E-state index contributed by atoms with van der Waals surface area (Å²) in [6.07, 6.45) is 0.927. The molecule has 1 heterocycles. The number of aryl methyl sites for hydroxylation is 2. The van der Waals surface area contributed by atoms with E-state index in [1.807, 2.05) is 43.3 Å². The lowest BCUT2D eigenvalue weighted by Gasteiger charge is -2.05. The van der Waals surface area contributed by atoms with Crippen LogP contribution in [0.15, 0.2) is 42.5 Å². The van der Waals surface area contributed by atoms with Gasteiger partial charge in [-0.05, 0) is 37.1 Å². The number of aromatic nitrogens is 1. The van der Waals surface area contributed by atoms with Crippen molar-refractivity contribution in [2.24, 2.45) is 0 Å². The topological polar surface area (TPSA) is 54.0 Å². The van der Waals surface area contributed by atoms with Crippen LogP contribution in [0.3, 0.4) is 0 Å². The van der Waals surface area contributed by atoms with E-state index in [0.717, 1.165) is 27.9 Å². The van der Waals surface area contributed by atoms with Crippen molar-refractivity contribution in [3.05, 3.63) is 53.6 Å². The number of benzene rings is 2. The number of urea groups is 1. The summed E-state index contributed by atoms with van der Waals surface area (Å²) in [5.41, 5.74) is 4.09. The first-order valence-electron chi connectivity index (χ1n) is 7.19. The standard InChI is InChI=1S/C17H17N3OS/c1-3-12-5-4-6-14-15(12)19-17(22-14)20-16(21)18-13-9-7-11(2)8-10-13/h4-10H,3H2,1-2H3,(H2,18,19,20,21). The number of rotatable bonds is 3. The molecule has 0 radical (unpaired) electrons. The summed E-state index contributed by atoms with van der Waals surface area (Å²) < 4.78 is 1.09. The van der Waals surface area contributed by atoms with Crippen molar-refractivity contribution in [2.75, 3.05) is 10.6 Å². The summed E-state index contributed by atoms with van der Waals surface area (Å²) >= 11 is 1.49. The van der Waals surface area contributed by atoms with Crippen LogP contribution in [0.25, 0.3) is 10.2 Å². The van der Waals surface area contributed by atoms with E-state index in [1.165, 1.54) is 16.9 Å². The Kier molecular flexibility index (Phi) is 4.06. The molecule has 0 saturated carbocycles. The SMILES string of the molecule is CCc1cccc2sc(NC(=O)Nc3ccc(C)cc3)nc12. The number of amides is 2. The van der Waals surface area contributed by atoms with Gasteiger partial charge in [0.1, 0.15) is 0 Å². The fourth-order valence-electron chi connectivity index (χ4n) is 2.24. The minimum Gasteiger partial charge on any atom is -0.308 e. The lowest BCUT2D eigenvalue weighted by atomic mass is 10.1. The van der Waals surface area contributed by atoms with Crippen molar-refractivity contribution in [2.45, 2.75) is 20.3 Å². The molecular weight excluding hydrogens is 294 g/mol. The van der Waals surface area contributed by atoms with Gasteiger partial charge in [0.25, 0.3) is 0 Å². The number of carbonyl (C=O) groups is 1. The molecule has 0 atom stereocenters. The molecular formula is C17H17N3OS. The first-order valence-corrected chi connectivity index (χ1v) is 8.00. The molecule has 3 aromatic rings. The second-order valence-corrected chi connectivity index (χ2v) is 6.11. The molecule has 0 spiro atoms. The van der Waals surface area contributed by atoms with E-state index in [9.17, 15) is 4.79 Å². The van der Waals surface area contributed by atoms with Gasteiger partial charge in [0.05, 0.1) is 10.2 Å². The van der Waals surface area contributed by atoms with Crippen molar-refractivity contribution in [3.63, 3.8) is 0 Å². The van der Waals surface area contributed by atoms with Crippen LogP contribution in [-0.4, -0.2) is 11.0 Å². The molecule has 112 valence electrons. The second-order valence-electron chi connectivity index (χ2n) is 5.08. The van der Waals surface area contributed by atoms with Gasteiger partial charge in [0.15, 0.2) is 5.13 Å². The van der Waals surface area contributed by atoms with Gasteiger partial charge in [-0.3, -0.25) is 5.32 Å². The molecule has 2 N–H and O–H groups in total. The maximum atomic E-state index is 12.0. The third kappa shape index (κ3) is 3.09. The Bertz CT molecular complexity index is 808. The van der Waals surface area contributed by atoms with Crippen LogP contribution in [0.5, 0.6) is 0 Å². The highest BCUT2D eigenvalue weighted by Gasteiger charge is 2.09. The molecule has 0 bridgehead atoms. The maximum absolute atomic E-state index is 12.0. The Labute approximate surface area is 133 Å². The normalized spacial score (nSPS) is 10.6. The molecule has 2 aromatic carbocycles. The monoisotopic (exact) mass is 311 g/mol. The zero-order valence-electron chi connectivity index (χ0n) is 12.5. The first-order chi connectivity index (χ1) is 10.7. The summed E-state index contributed by atoms with van der Waals surface area (Å²) in [6, 6.07) is 13.5. The van der Waals surface area contributed by atoms with E-state index < -0.39 is 0 Å². The minimum absolute atomic E-state index is 0.277. The Hall–Kier alpha value is -2.40. The Morgan fingerprint density at radius 1 is 1.14 bits per heavy atom. The van der Waals surface area contributed by atoms with Crippen LogP contribution >= 0.6 is 11.3 Å². The summed E-state index contributed by atoms with van der Waals surface area (Å²) in [4.78, 5) is 16.6. The molecule has 0 aliphatic carbocycles. The van der Waals surface area contributed by atoms with Gasteiger partial charge >= 0.3 is 6.03 Å². The van der Waals surface area contributed by atoms with E-state index in [2.05, 4.69) is 28.6 Å². The summed E-state index contributed by atoms with van der Waals surface area (Å²) in [5.74, 6) is 0. The molecule has 0 fully saturated rings. The van der Waals surface area contributed by atoms with E-state index in [0.29, 0.717) is 5.13 Å². The average molecular weight is 311 g/mol. The van der Waals surface area contributed by atoms with Crippen molar-refractivity contribution >= 4 is 38.4 Å². The van der Waals surface area contributed by atoms with Gasteiger partial charge < -0.3 is 5.32 Å². The van der Waals surface area contributed by atoms with Crippen molar-refractivity contribution < 1.29 is 4.79 Å². The predicted molar refractivity (Wildman–Crippen MR) is 92.8 cm³/mol. The number of nitrogens with one attached hydrogen (secondary N) is 2. The lowest BCUT2D eigenvalue weighted by Crippen LogP contribution is -2.19. The zero-order chi connectivity index (χ0) is 15.5. The fraction of sp³-hybridized carbons (Fsp3) is 0.176. The Balaban J connectivity index is 1.75. The van der Waals surface area contributed by atoms with Crippen molar-refractivity contribution in [1.29, 1.82) is 0 Å². The van der Waals surface area contributed by atoms with E-state index >= 15 is 0 Å². The summed E-state index contributed by atoms with van der Waals surface area (Å²) in [5, 5.41) is 6.22. The second kappa shape index (κ2) is 6.15. The van der Waals surface area contributed by atoms with E-state index in [-0.39, 0.29) is 6.03 Å². The van der Waals surface area contributed by atoms with Gasteiger partial charge in [-0.25, -0.2) is 9.78 Å². The summed E-state index contributed by atoms with van der Waals surface area (Å²) in [6.45, 7) is 4.11. The van der Waals surface area contributed by atoms with E-state index in [4.69, 9.17) is 0 Å². The Morgan fingerprint density at radius 3 is 2.64 bits per heavy atom. The number of para-hydroxylation sites is 1. The van der Waals surface area contributed by atoms with Crippen molar-refractivity contribution in [1.82, 2.24) is 4.98 Å². The lowest BCUT2D eigenvalue weighted by molar-refractivity contribution is 0.262. The molecule has 5 heteroatoms. The Morgan fingerprint density at radius 2 is 1.91 bits per heavy atom. The third-order valence-electron chi connectivity index (χ3n) is 3.41. The molecule has 1 aromatic heterocycles. The van der Waals surface area contributed by atoms with Gasteiger partial charge in [-0.2, -0.15) is 0 Å². The van der Waals surface area contributed by atoms with Crippen molar-refractivity contribution in [3.8, 4) is 0 Å². The molecule has 0 saturated heterocycles. The number of thiazole rings is 1. The highest BCUT2D eigenvalue weighted by atomic mass is 32.1. The third-order valence-corrected chi connectivity index (χ3v) is 4.35. The molecule has 0 aliphatic heterocycles. The first kappa shape index (κ1) is 14.5. The van der Waals surface area contributed by atoms with Crippen LogP contribution in [-0.2, 0) is 6.42 Å². The van der Waals surface area contributed by atoms with Gasteiger partial charge in [0, 0.05) is 5.69 Å². The average Bonchev–Trinajstić information content (AvgIpc) is 2.91.